The lowest BCUT2D eigenvalue weighted by Gasteiger charge is -2.28. The Labute approximate surface area is 119 Å². The van der Waals surface area contributed by atoms with E-state index in [0.29, 0.717) is 0 Å². The molecule has 3 heteroatoms. The minimum absolute atomic E-state index is 0.776. The Bertz CT molecular complexity index is 264. The summed E-state index contributed by atoms with van der Waals surface area (Å²) in [5.41, 5.74) is 0. The molecule has 0 saturated carbocycles. The number of likely N-dealkylation sites (tertiary alicyclic amines) is 1. The first-order chi connectivity index (χ1) is 9.33. The molecule has 1 aliphatic heterocycles. The molecule has 1 heterocycles. The SMILES string of the molecule is CC#CCCOCCCN(C)CCN1CCCCC1. The van der Waals surface area contributed by atoms with Crippen molar-refractivity contribution in [1.82, 2.24) is 9.80 Å². The topological polar surface area (TPSA) is 15.7 Å². The first-order valence-corrected chi connectivity index (χ1v) is 7.71. The molecule has 0 aromatic carbocycles. The van der Waals surface area contributed by atoms with Gasteiger partial charge in [0.2, 0.25) is 0 Å². The third-order valence-electron chi connectivity index (χ3n) is 3.62. The summed E-state index contributed by atoms with van der Waals surface area (Å²) in [4.78, 5) is 5.02. The lowest BCUT2D eigenvalue weighted by Crippen LogP contribution is -2.37. The summed E-state index contributed by atoms with van der Waals surface area (Å²) in [5, 5.41) is 0. The first-order valence-electron chi connectivity index (χ1n) is 7.71. The first kappa shape index (κ1) is 16.5. The molecule has 0 spiro atoms. The molecule has 0 amide bonds. The molecule has 1 rings (SSSR count). The predicted molar refractivity (Wildman–Crippen MR) is 81.3 cm³/mol. The van der Waals surface area contributed by atoms with Gasteiger partial charge in [-0.05, 0) is 46.3 Å². The maximum Gasteiger partial charge on any atom is 0.0575 e. The van der Waals surface area contributed by atoms with Crippen LogP contribution in [-0.4, -0.2) is 62.8 Å². The normalized spacial score (nSPS) is 16.4. The second-order valence-electron chi connectivity index (χ2n) is 5.35. The minimum Gasteiger partial charge on any atom is -0.380 e. The number of ether oxygens (including phenoxy) is 1. The van der Waals surface area contributed by atoms with Gasteiger partial charge in [-0.25, -0.2) is 0 Å². The molecule has 110 valence electrons. The van der Waals surface area contributed by atoms with Gasteiger partial charge in [0.1, 0.15) is 0 Å². The fourth-order valence-electron chi connectivity index (χ4n) is 2.39. The summed E-state index contributed by atoms with van der Waals surface area (Å²) < 4.78 is 5.54. The second-order valence-corrected chi connectivity index (χ2v) is 5.35. The van der Waals surface area contributed by atoms with E-state index >= 15 is 0 Å². The zero-order valence-electron chi connectivity index (χ0n) is 12.8. The monoisotopic (exact) mass is 266 g/mol. The number of likely N-dealkylation sites (N-methyl/N-ethyl adjacent to an activating group) is 1. The van der Waals surface area contributed by atoms with Crippen LogP contribution in [0.1, 0.15) is 39.0 Å². The molecular formula is C16H30N2O. The van der Waals surface area contributed by atoms with Crippen molar-refractivity contribution < 1.29 is 4.74 Å². The van der Waals surface area contributed by atoms with Crippen molar-refractivity contribution in [3.05, 3.63) is 0 Å². The van der Waals surface area contributed by atoms with Crippen molar-refractivity contribution in [2.75, 3.05) is 53.0 Å². The Hall–Kier alpha value is -0.560. The van der Waals surface area contributed by atoms with Crippen LogP contribution in [0, 0.1) is 11.8 Å². The third-order valence-corrected chi connectivity index (χ3v) is 3.62. The maximum atomic E-state index is 5.54. The zero-order chi connectivity index (χ0) is 13.8. The molecule has 0 N–H and O–H groups in total. The van der Waals surface area contributed by atoms with Crippen molar-refractivity contribution in [2.24, 2.45) is 0 Å². The number of rotatable bonds is 9. The van der Waals surface area contributed by atoms with Gasteiger partial charge in [-0.15, -0.1) is 11.8 Å². The van der Waals surface area contributed by atoms with E-state index < -0.39 is 0 Å². The Morgan fingerprint density at radius 2 is 1.89 bits per heavy atom. The molecule has 19 heavy (non-hydrogen) atoms. The van der Waals surface area contributed by atoms with E-state index in [9.17, 15) is 0 Å². The summed E-state index contributed by atoms with van der Waals surface area (Å²) in [6.07, 6.45) is 6.18. The highest BCUT2D eigenvalue weighted by Crippen LogP contribution is 2.07. The van der Waals surface area contributed by atoms with Crippen LogP contribution in [0.25, 0.3) is 0 Å². The predicted octanol–water partition coefficient (Wildman–Crippen LogP) is 2.22. The van der Waals surface area contributed by atoms with E-state index in [0.717, 1.165) is 32.6 Å². The molecule has 3 nitrogen and oxygen atoms in total. The lowest BCUT2D eigenvalue weighted by molar-refractivity contribution is 0.125. The van der Waals surface area contributed by atoms with Gasteiger partial charge in [0, 0.05) is 32.7 Å². The van der Waals surface area contributed by atoms with Gasteiger partial charge >= 0.3 is 0 Å². The summed E-state index contributed by atoms with van der Waals surface area (Å²) in [6.45, 7) is 9.65. The van der Waals surface area contributed by atoms with Crippen molar-refractivity contribution in [2.45, 2.75) is 39.0 Å². The molecule has 0 aromatic rings. The number of piperidine rings is 1. The Balaban J connectivity index is 1.89. The van der Waals surface area contributed by atoms with E-state index in [1.165, 1.54) is 45.4 Å². The van der Waals surface area contributed by atoms with Gasteiger partial charge in [-0.2, -0.15) is 0 Å². The molecule has 1 fully saturated rings. The highest BCUT2D eigenvalue weighted by molar-refractivity contribution is 4.94. The van der Waals surface area contributed by atoms with Crippen LogP contribution in [0.15, 0.2) is 0 Å². The average Bonchev–Trinajstić information content (AvgIpc) is 2.45. The Morgan fingerprint density at radius 3 is 2.63 bits per heavy atom. The fourth-order valence-corrected chi connectivity index (χ4v) is 2.39. The Kier molecular flexibility index (Phi) is 9.79. The van der Waals surface area contributed by atoms with Gasteiger partial charge in [-0.1, -0.05) is 6.42 Å². The van der Waals surface area contributed by atoms with Crippen LogP contribution in [0.3, 0.4) is 0 Å². The smallest absolute Gasteiger partial charge is 0.0575 e. The van der Waals surface area contributed by atoms with E-state index in [2.05, 4.69) is 28.7 Å². The lowest BCUT2D eigenvalue weighted by atomic mass is 10.1. The van der Waals surface area contributed by atoms with Crippen molar-refractivity contribution in [3.8, 4) is 11.8 Å². The summed E-state index contributed by atoms with van der Waals surface area (Å²) in [5.74, 6) is 5.90. The number of hydrogen-bond donors (Lipinski definition) is 0. The van der Waals surface area contributed by atoms with Crippen LogP contribution in [-0.2, 0) is 4.74 Å². The van der Waals surface area contributed by atoms with Crippen LogP contribution < -0.4 is 0 Å². The van der Waals surface area contributed by atoms with Gasteiger partial charge in [0.05, 0.1) is 6.61 Å². The van der Waals surface area contributed by atoms with Gasteiger partial charge in [0.25, 0.3) is 0 Å². The number of hydrogen-bond acceptors (Lipinski definition) is 3. The molecule has 0 bridgehead atoms. The molecule has 0 radical (unpaired) electrons. The van der Waals surface area contributed by atoms with Gasteiger partial charge in [-0.3, -0.25) is 0 Å². The van der Waals surface area contributed by atoms with Crippen LogP contribution in [0.5, 0.6) is 0 Å². The average molecular weight is 266 g/mol. The summed E-state index contributed by atoms with van der Waals surface area (Å²) in [7, 11) is 2.21. The fraction of sp³-hybridized carbons (Fsp3) is 0.875. The molecule has 0 unspecified atom stereocenters. The standard InChI is InChI=1S/C16H30N2O/c1-3-4-8-15-19-16-9-10-17(2)13-14-18-11-6-5-7-12-18/h5-16H2,1-2H3. The summed E-state index contributed by atoms with van der Waals surface area (Å²) in [6, 6.07) is 0. The van der Waals surface area contributed by atoms with Crippen molar-refractivity contribution in [1.29, 1.82) is 0 Å². The van der Waals surface area contributed by atoms with E-state index in [1.54, 1.807) is 0 Å². The summed E-state index contributed by atoms with van der Waals surface area (Å²) >= 11 is 0. The van der Waals surface area contributed by atoms with Crippen LogP contribution in [0.2, 0.25) is 0 Å². The molecule has 1 aliphatic rings. The van der Waals surface area contributed by atoms with E-state index in [-0.39, 0.29) is 0 Å². The van der Waals surface area contributed by atoms with E-state index in [4.69, 9.17) is 4.74 Å². The molecule has 0 aliphatic carbocycles. The number of nitrogens with zero attached hydrogens (tertiary/aromatic N) is 2. The van der Waals surface area contributed by atoms with Crippen LogP contribution in [0.4, 0.5) is 0 Å². The largest absolute Gasteiger partial charge is 0.380 e. The van der Waals surface area contributed by atoms with E-state index in [1.807, 2.05) is 6.92 Å². The van der Waals surface area contributed by atoms with Crippen molar-refractivity contribution >= 4 is 0 Å². The Morgan fingerprint density at radius 1 is 1.11 bits per heavy atom. The van der Waals surface area contributed by atoms with Gasteiger partial charge < -0.3 is 14.5 Å². The highest BCUT2D eigenvalue weighted by Gasteiger charge is 2.10. The third kappa shape index (κ3) is 9.04. The minimum atomic E-state index is 0.776. The maximum absolute atomic E-state index is 5.54. The van der Waals surface area contributed by atoms with Gasteiger partial charge in [0.15, 0.2) is 0 Å². The second kappa shape index (κ2) is 11.3. The molecule has 0 atom stereocenters. The zero-order valence-corrected chi connectivity index (χ0v) is 12.8. The van der Waals surface area contributed by atoms with Crippen LogP contribution >= 0.6 is 0 Å². The molecule has 0 aromatic heterocycles. The molecular weight excluding hydrogens is 236 g/mol. The highest BCUT2D eigenvalue weighted by atomic mass is 16.5. The molecule has 1 saturated heterocycles. The quantitative estimate of drug-likeness (QED) is 0.470. The van der Waals surface area contributed by atoms with Crippen molar-refractivity contribution in [3.63, 3.8) is 0 Å².